The average Bonchev–Trinajstić information content (AvgIpc) is 2.92. The Bertz CT molecular complexity index is 738. The maximum absolute atomic E-state index is 12.6. The monoisotopic (exact) mass is 266 g/mol. The lowest BCUT2D eigenvalue weighted by atomic mass is 10.0. The summed E-state index contributed by atoms with van der Waals surface area (Å²) in [5.74, 6) is -0.100. The van der Waals surface area contributed by atoms with Gasteiger partial charge in [0.1, 0.15) is 6.04 Å². The highest BCUT2D eigenvalue weighted by molar-refractivity contribution is 6.12. The Kier molecular flexibility index (Phi) is 2.33. The summed E-state index contributed by atoms with van der Waals surface area (Å²) in [5.41, 5.74) is 1.23. The van der Waals surface area contributed by atoms with Crippen LogP contribution in [0.1, 0.15) is 23.2 Å². The molecule has 2 aliphatic heterocycles. The minimum atomic E-state index is -0.307. The molecule has 2 heterocycles. The molecule has 4 rings (SSSR count). The molecule has 0 bridgehead atoms. The van der Waals surface area contributed by atoms with Gasteiger partial charge in [0.25, 0.3) is 5.91 Å². The number of benzene rings is 2. The zero-order valence-corrected chi connectivity index (χ0v) is 10.9. The molecule has 0 saturated carbocycles. The highest BCUT2D eigenvalue weighted by atomic mass is 16.2. The average molecular weight is 266 g/mol. The van der Waals surface area contributed by atoms with Crippen LogP contribution in [-0.2, 0) is 4.79 Å². The van der Waals surface area contributed by atoms with Crippen LogP contribution in [0.25, 0.3) is 10.8 Å². The van der Waals surface area contributed by atoms with Crippen molar-refractivity contribution in [3.8, 4) is 0 Å². The second kappa shape index (κ2) is 4.07. The molecule has 1 unspecified atom stereocenters. The van der Waals surface area contributed by atoms with Crippen molar-refractivity contribution in [1.82, 2.24) is 4.90 Å². The van der Waals surface area contributed by atoms with E-state index in [1.165, 1.54) is 0 Å². The number of nitrogens with zero attached hydrogens (tertiary/aromatic N) is 1. The maximum atomic E-state index is 12.6. The lowest BCUT2D eigenvalue weighted by Crippen LogP contribution is -2.40. The lowest BCUT2D eigenvalue weighted by Gasteiger charge is -2.19. The van der Waals surface area contributed by atoms with E-state index in [2.05, 4.69) is 5.32 Å². The van der Waals surface area contributed by atoms with Gasteiger partial charge in [-0.25, -0.2) is 0 Å². The summed E-state index contributed by atoms with van der Waals surface area (Å²) in [7, 11) is 0. The molecule has 1 fully saturated rings. The third-order valence-corrected chi connectivity index (χ3v) is 4.19. The van der Waals surface area contributed by atoms with Crippen LogP contribution in [0.2, 0.25) is 0 Å². The first-order valence-corrected chi connectivity index (χ1v) is 6.89. The van der Waals surface area contributed by atoms with Gasteiger partial charge in [-0.1, -0.05) is 24.3 Å². The Hall–Kier alpha value is -2.36. The van der Waals surface area contributed by atoms with Gasteiger partial charge in [0.05, 0.1) is 11.3 Å². The van der Waals surface area contributed by atoms with Crippen molar-refractivity contribution in [3.05, 3.63) is 42.0 Å². The fourth-order valence-electron chi connectivity index (χ4n) is 3.17. The molecular formula is C16H14N2O2. The van der Waals surface area contributed by atoms with E-state index in [0.717, 1.165) is 23.6 Å². The maximum Gasteiger partial charge on any atom is 0.256 e. The van der Waals surface area contributed by atoms with Crippen LogP contribution < -0.4 is 5.32 Å². The first-order chi connectivity index (χ1) is 9.74. The molecule has 0 radical (unpaired) electrons. The molecule has 0 spiro atoms. The molecule has 2 aromatic rings. The van der Waals surface area contributed by atoms with Gasteiger partial charge in [-0.15, -0.1) is 0 Å². The zero-order valence-electron chi connectivity index (χ0n) is 10.9. The van der Waals surface area contributed by atoms with Crippen LogP contribution in [0, 0.1) is 0 Å². The fourth-order valence-corrected chi connectivity index (χ4v) is 3.17. The number of nitrogens with one attached hydrogen (secondary N) is 1. The molecule has 0 aromatic heterocycles. The van der Waals surface area contributed by atoms with E-state index in [1.807, 2.05) is 36.4 Å². The van der Waals surface area contributed by atoms with E-state index in [4.69, 9.17) is 0 Å². The van der Waals surface area contributed by atoms with Gasteiger partial charge in [0.2, 0.25) is 5.91 Å². The third-order valence-electron chi connectivity index (χ3n) is 4.19. The quantitative estimate of drug-likeness (QED) is 0.796. The topological polar surface area (TPSA) is 49.4 Å². The molecule has 0 aliphatic carbocycles. The predicted molar refractivity (Wildman–Crippen MR) is 76.6 cm³/mol. The fraction of sp³-hybridized carbons (Fsp3) is 0.250. The Morgan fingerprint density at radius 3 is 2.65 bits per heavy atom. The molecule has 1 saturated heterocycles. The van der Waals surface area contributed by atoms with Crippen LogP contribution in [-0.4, -0.2) is 29.3 Å². The Morgan fingerprint density at radius 2 is 1.85 bits per heavy atom. The number of hydrogen-bond acceptors (Lipinski definition) is 2. The molecule has 2 aliphatic rings. The highest BCUT2D eigenvalue weighted by Crippen LogP contribution is 2.31. The Balaban J connectivity index is 1.94. The largest absolute Gasteiger partial charge is 0.327 e. The van der Waals surface area contributed by atoms with Crippen molar-refractivity contribution in [1.29, 1.82) is 0 Å². The van der Waals surface area contributed by atoms with Crippen molar-refractivity contribution < 1.29 is 9.59 Å². The van der Waals surface area contributed by atoms with Crippen molar-refractivity contribution in [2.45, 2.75) is 18.9 Å². The van der Waals surface area contributed by atoms with Gasteiger partial charge in [-0.05, 0) is 35.7 Å². The van der Waals surface area contributed by atoms with Gasteiger partial charge in [0, 0.05) is 6.54 Å². The van der Waals surface area contributed by atoms with Crippen LogP contribution >= 0.6 is 0 Å². The molecule has 4 nitrogen and oxygen atoms in total. The smallest absolute Gasteiger partial charge is 0.256 e. The summed E-state index contributed by atoms with van der Waals surface area (Å²) < 4.78 is 0. The van der Waals surface area contributed by atoms with Crippen molar-refractivity contribution >= 4 is 28.3 Å². The number of carbonyl (C=O) groups is 2. The van der Waals surface area contributed by atoms with Crippen molar-refractivity contribution in [2.24, 2.45) is 0 Å². The molecule has 2 amide bonds. The zero-order chi connectivity index (χ0) is 13.7. The SMILES string of the molecule is O=C1Nc2cc3ccccc3cc2C(=O)N2CCCC12. The minimum absolute atomic E-state index is 0.0356. The first-order valence-electron chi connectivity index (χ1n) is 6.89. The normalized spacial score (nSPS) is 21.4. The van der Waals surface area contributed by atoms with E-state index >= 15 is 0 Å². The summed E-state index contributed by atoms with van der Waals surface area (Å²) in [5, 5.41) is 4.96. The van der Waals surface area contributed by atoms with Gasteiger partial charge >= 0.3 is 0 Å². The van der Waals surface area contributed by atoms with E-state index < -0.39 is 0 Å². The number of fused-ring (bicyclic) bond motifs is 3. The second-order valence-electron chi connectivity index (χ2n) is 5.39. The van der Waals surface area contributed by atoms with Gasteiger partial charge < -0.3 is 10.2 Å². The predicted octanol–water partition coefficient (Wildman–Crippen LogP) is 2.40. The number of amides is 2. The molecule has 1 N–H and O–H groups in total. The van der Waals surface area contributed by atoms with E-state index in [-0.39, 0.29) is 17.9 Å². The van der Waals surface area contributed by atoms with E-state index in [0.29, 0.717) is 17.8 Å². The van der Waals surface area contributed by atoms with Crippen LogP contribution in [0.5, 0.6) is 0 Å². The number of carbonyl (C=O) groups excluding carboxylic acids is 2. The summed E-state index contributed by atoms with van der Waals surface area (Å²) in [6, 6.07) is 11.3. The van der Waals surface area contributed by atoms with Crippen molar-refractivity contribution in [3.63, 3.8) is 0 Å². The Labute approximate surface area is 116 Å². The van der Waals surface area contributed by atoms with Gasteiger partial charge in [-0.2, -0.15) is 0 Å². The van der Waals surface area contributed by atoms with E-state index in [9.17, 15) is 9.59 Å². The summed E-state index contributed by atoms with van der Waals surface area (Å²) in [6.45, 7) is 0.670. The van der Waals surface area contributed by atoms with Crippen molar-refractivity contribution in [2.75, 3.05) is 11.9 Å². The minimum Gasteiger partial charge on any atom is -0.327 e. The molecular weight excluding hydrogens is 252 g/mol. The number of rotatable bonds is 0. The summed E-state index contributed by atoms with van der Waals surface area (Å²) in [6.07, 6.45) is 1.65. The van der Waals surface area contributed by atoms with Crippen LogP contribution in [0.4, 0.5) is 5.69 Å². The summed E-state index contributed by atoms with van der Waals surface area (Å²) in [4.78, 5) is 26.6. The van der Waals surface area contributed by atoms with Gasteiger partial charge in [-0.3, -0.25) is 9.59 Å². The van der Waals surface area contributed by atoms with Crippen LogP contribution in [0.15, 0.2) is 36.4 Å². The Morgan fingerprint density at radius 1 is 1.10 bits per heavy atom. The van der Waals surface area contributed by atoms with E-state index in [1.54, 1.807) is 4.90 Å². The molecule has 20 heavy (non-hydrogen) atoms. The molecule has 100 valence electrons. The summed E-state index contributed by atoms with van der Waals surface area (Å²) >= 11 is 0. The second-order valence-corrected chi connectivity index (χ2v) is 5.39. The number of hydrogen-bond donors (Lipinski definition) is 1. The highest BCUT2D eigenvalue weighted by Gasteiger charge is 2.38. The lowest BCUT2D eigenvalue weighted by molar-refractivity contribution is -0.119. The third kappa shape index (κ3) is 1.54. The first kappa shape index (κ1) is 11.5. The standard InChI is InChI=1S/C16H14N2O2/c19-15-14-6-3-7-18(14)16(20)12-8-10-4-1-2-5-11(10)9-13(12)17-15/h1-2,4-5,8-9,14H,3,6-7H2,(H,17,19). The number of anilines is 1. The van der Waals surface area contributed by atoms with Gasteiger partial charge in [0.15, 0.2) is 0 Å². The molecule has 4 heteroatoms. The molecule has 1 atom stereocenters. The molecule has 2 aromatic carbocycles. The van der Waals surface area contributed by atoms with Crippen LogP contribution in [0.3, 0.4) is 0 Å².